The molecule has 154 valence electrons. The Kier molecular flexibility index (Phi) is 12.7. The van der Waals surface area contributed by atoms with Gasteiger partial charge in [-0.1, -0.05) is 96.3 Å². The van der Waals surface area contributed by atoms with Crippen LogP contribution >= 0.6 is 0 Å². The van der Waals surface area contributed by atoms with Crippen molar-refractivity contribution in [1.29, 1.82) is 0 Å². The van der Waals surface area contributed by atoms with Crippen LogP contribution in [0.4, 0.5) is 0 Å². The molecule has 0 atom stereocenters. The zero-order chi connectivity index (χ0) is 18.3. The van der Waals surface area contributed by atoms with Crippen LogP contribution in [0.3, 0.4) is 0 Å². The van der Waals surface area contributed by atoms with E-state index in [1.807, 2.05) is 0 Å². The zero-order valence-corrected chi connectivity index (χ0v) is 17.4. The SMILES string of the molecule is C1CCC(OC2CCCCC2)CC1.C1CCCCC1.OC1CCCCC1. The molecule has 0 saturated heterocycles. The summed E-state index contributed by atoms with van der Waals surface area (Å²) in [6.07, 6.45) is 30.0. The lowest BCUT2D eigenvalue weighted by Crippen LogP contribution is -2.25. The molecule has 0 heterocycles. The van der Waals surface area contributed by atoms with Crippen LogP contribution in [0.1, 0.15) is 135 Å². The van der Waals surface area contributed by atoms with Crippen molar-refractivity contribution in [2.24, 2.45) is 0 Å². The van der Waals surface area contributed by atoms with Crippen LogP contribution in [0.2, 0.25) is 0 Å². The van der Waals surface area contributed by atoms with Crippen molar-refractivity contribution in [1.82, 2.24) is 0 Å². The summed E-state index contributed by atoms with van der Waals surface area (Å²) in [5.41, 5.74) is 0. The Labute approximate surface area is 163 Å². The van der Waals surface area contributed by atoms with Crippen molar-refractivity contribution in [2.75, 3.05) is 0 Å². The second-order valence-corrected chi connectivity index (χ2v) is 9.07. The van der Waals surface area contributed by atoms with Crippen molar-refractivity contribution >= 4 is 0 Å². The first-order chi connectivity index (χ1) is 12.8. The minimum absolute atomic E-state index is 0.0359. The first kappa shape index (κ1) is 22.2. The van der Waals surface area contributed by atoms with Crippen LogP contribution in [0.25, 0.3) is 0 Å². The molecule has 4 aliphatic carbocycles. The van der Waals surface area contributed by atoms with Crippen molar-refractivity contribution in [2.45, 2.75) is 153 Å². The van der Waals surface area contributed by atoms with E-state index in [0.29, 0.717) is 12.2 Å². The lowest BCUT2D eigenvalue weighted by Gasteiger charge is -2.29. The third-order valence-corrected chi connectivity index (χ3v) is 6.56. The highest BCUT2D eigenvalue weighted by Gasteiger charge is 2.20. The van der Waals surface area contributed by atoms with E-state index in [1.165, 1.54) is 122 Å². The molecule has 0 bridgehead atoms. The van der Waals surface area contributed by atoms with Gasteiger partial charge in [-0.3, -0.25) is 0 Å². The van der Waals surface area contributed by atoms with Gasteiger partial charge in [-0.05, 0) is 38.5 Å². The Hall–Kier alpha value is -0.0800. The largest absolute Gasteiger partial charge is 0.393 e. The normalized spacial score (nSPS) is 26.2. The second-order valence-electron chi connectivity index (χ2n) is 9.07. The molecular weight excluding hydrogens is 320 g/mol. The third kappa shape index (κ3) is 10.9. The lowest BCUT2D eigenvalue weighted by molar-refractivity contribution is -0.0450. The summed E-state index contributed by atoms with van der Waals surface area (Å²) >= 11 is 0. The highest BCUT2D eigenvalue weighted by Crippen LogP contribution is 2.27. The minimum Gasteiger partial charge on any atom is -0.393 e. The molecule has 0 spiro atoms. The molecule has 0 amide bonds. The van der Waals surface area contributed by atoms with Gasteiger partial charge in [0, 0.05) is 0 Å². The van der Waals surface area contributed by atoms with Crippen LogP contribution in [-0.2, 0) is 4.74 Å². The molecule has 4 fully saturated rings. The highest BCUT2D eigenvalue weighted by atomic mass is 16.5. The van der Waals surface area contributed by atoms with Gasteiger partial charge in [0.15, 0.2) is 0 Å². The van der Waals surface area contributed by atoms with Gasteiger partial charge in [-0.15, -0.1) is 0 Å². The molecule has 4 rings (SSSR count). The number of rotatable bonds is 2. The standard InChI is InChI=1S/C12H22O.C6H12O.C6H12/c1-3-7-11(8-4-1)13-12-9-5-2-6-10-12;7-6-4-2-1-3-5-6;1-2-4-6-5-3-1/h11-12H,1-10H2;6-7H,1-5H2;1-6H2. The van der Waals surface area contributed by atoms with Gasteiger partial charge in [-0.2, -0.15) is 0 Å². The molecule has 1 N–H and O–H groups in total. The van der Waals surface area contributed by atoms with Crippen molar-refractivity contribution in [3.8, 4) is 0 Å². The van der Waals surface area contributed by atoms with E-state index < -0.39 is 0 Å². The summed E-state index contributed by atoms with van der Waals surface area (Å²) < 4.78 is 6.13. The molecule has 0 aliphatic heterocycles. The number of hydrogen-bond donors (Lipinski definition) is 1. The molecule has 26 heavy (non-hydrogen) atoms. The lowest BCUT2D eigenvalue weighted by atomic mass is 9.95. The van der Waals surface area contributed by atoms with E-state index >= 15 is 0 Å². The van der Waals surface area contributed by atoms with E-state index in [2.05, 4.69) is 0 Å². The van der Waals surface area contributed by atoms with Crippen molar-refractivity contribution in [3.63, 3.8) is 0 Å². The topological polar surface area (TPSA) is 29.5 Å². The summed E-state index contributed by atoms with van der Waals surface area (Å²) in [4.78, 5) is 0. The molecular formula is C24H46O2. The molecule has 4 aliphatic rings. The van der Waals surface area contributed by atoms with Crippen LogP contribution in [0.15, 0.2) is 0 Å². The van der Waals surface area contributed by atoms with E-state index in [0.717, 1.165) is 12.8 Å². The van der Waals surface area contributed by atoms with Gasteiger partial charge in [0.2, 0.25) is 0 Å². The van der Waals surface area contributed by atoms with Crippen LogP contribution in [0.5, 0.6) is 0 Å². The van der Waals surface area contributed by atoms with Gasteiger partial charge in [0.1, 0.15) is 0 Å². The summed E-state index contributed by atoms with van der Waals surface area (Å²) in [6, 6.07) is 0. The monoisotopic (exact) mass is 366 g/mol. The summed E-state index contributed by atoms with van der Waals surface area (Å²) in [6.45, 7) is 0. The molecule has 0 radical (unpaired) electrons. The molecule has 0 unspecified atom stereocenters. The Morgan fingerprint density at radius 1 is 0.385 bits per heavy atom. The van der Waals surface area contributed by atoms with Gasteiger partial charge in [0.25, 0.3) is 0 Å². The zero-order valence-electron chi connectivity index (χ0n) is 17.4. The maximum Gasteiger partial charge on any atom is 0.0578 e. The average Bonchev–Trinajstić information content (AvgIpc) is 2.72. The first-order valence-corrected chi connectivity index (χ1v) is 12.2. The fraction of sp³-hybridized carbons (Fsp3) is 1.00. The smallest absolute Gasteiger partial charge is 0.0578 e. The number of ether oxygens (including phenoxy) is 1. The molecule has 2 nitrogen and oxygen atoms in total. The van der Waals surface area contributed by atoms with Crippen LogP contribution < -0.4 is 0 Å². The Morgan fingerprint density at radius 3 is 0.923 bits per heavy atom. The van der Waals surface area contributed by atoms with Gasteiger partial charge in [0.05, 0.1) is 18.3 Å². The number of aliphatic hydroxyl groups excluding tert-OH is 1. The Bertz CT molecular complexity index is 268. The first-order valence-electron chi connectivity index (χ1n) is 12.2. The fourth-order valence-electron chi connectivity index (χ4n) is 4.82. The molecule has 2 heteroatoms. The summed E-state index contributed by atoms with van der Waals surface area (Å²) in [7, 11) is 0. The van der Waals surface area contributed by atoms with Gasteiger partial charge in [-0.25, -0.2) is 0 Å². The minimum atomic E-state index is 0.0359. The van der Waals surface area contributed by atoms with E-state index in [1.54, 1.807) is 0 Å². The van der Waals surface area contributed by atoms with Crippen LogP contribution in [0, 0.1) is 0 Å². The van der Waals surface area contributed by atoms with E-state index in [4.69, 9.17) is 9.84 Å². The van der Waals surface area contributed by atoms with E-state index in [9.17, 15) is 0 Å². The van der Waals surface area contributed by atoms with Crippen LogP contribution in [-0.4, -0.2) is 23.4 Å². The molecule has 0 aromatic heterocycles. The molecule has 0 aromatic carbocycles. The summed E-state index contributed by atoms with van der Waals surface area (Å²) in [5, 5.41) is 8.91. The fourth-order valence-corrected chi connectivity index (χ4v) is 4.82. The maximum atomic E-state index is 8.91. The average molecular weight is 367 g/mol. The molecule has 0 aromatic rings. The second kappa shape index (κ2) is 14.9. The maximum absolute atomic E-state index is 8.91. The highest BCUT2D eigenvalue weighted by molar-refractivity contribution is 4.71. The van der Waals surface area contributed by atoms with E-state index in [-0.39, 0.29) is 6.10 Å². The Balaban J connectivity index is 0.000000157. The number of aliphatic hydroxyl groups is 1. The quantitative estimate of drug-likeness (QED) is 0.554. The number of hydrogen-bond acceptors (Lipinski definition) is 2. The summed E-state index contributed by atoms with van der Waals surface area (Å²) in [5.74, 6) is 0. The molecule has 4 saturated carbocycles. The van der Waals surface area contributed by atoms with Crippen molar-refractivity contribution < 1.29 is 9.84 Å². The predicted molar refractivity (Wildman–Crippen MR) is 112 cm³/mol. The van der Waals surface area contributed by atoms with Crippen molar-refractivity contribution in [3.05, 3.63) is 0 Å². The Morgan fingerprint density at radius 2 is 0.654 bits per heavy atom. The third-order valence-electron chi connectivity index (χ3n) is 6.56. The predicted octanol–water partition coefficient (Wildman–Crippen LogP) is 7.32. The van der Waals surface area contributed by atoms with Gasteiger partial charge < -0.3 is 9.84 Å². The van der Waals surface area contributed by atoms with Gasteiger partial charge >= 0.3 is 0 Å².